The third-order valence-electron chi connectivity index (χ3n) is 6.53. The van der Waals surface area contributed by atoms with E-state index >= 15 is 0 Å². The van der Waals surface area contributed by atoms with Gasteiger partial charge in [0.2, 0.25) is 0 Å². The second-order valence-electron chi connectivity index (χ2n) is 9.32. The van der Waals surface area contributed by atoms with Gasteiger partial charge in [-0.2, -0.15) is 0 Å². The molecule has 0 atom stereocenters. The van der Waals surface area contributed by atoms with E-state index in [0.717, 1.165) is 59.9 Å². The highest BCUT2D eigenvalue weighted by Gasteiger charge is 2.34. The first-order valence-electron chi connectivity index (χ1n) is 11.9. The first-order valence-corrected chi connectivity index (χ1v) is 14.3. The Balaban J connectivity index is 1.40. The lowest BCUT2D eigenvalue weighted by Crippen LogP contribution is -2.39. The number of aromatic nitrogens is 1. The highest BCUT2D eigenvalue weighted by Crippen LogP contribution is 2.32. The molecule has 3 aromatic rings. The van der Waals surface area contributed by atoms with Crippen molar-refractivity contribution in [3.8, 4) is 0 Å². The molecule has 0 aliphatic carbocycles. The minimum Gasteiger partial charge on any atom is -0.348 e. The summed E-state index contributed by atoms with van der Waals surface area (Å²) >= 11 is 1.66. The molecule has 6 heteroatoms. The molecule has 0 unspecified atom stereocenters. The van der Waals surface area contributed by atoms with Crippen molar-refractivity contribution in [3.05, 3.63) is 75.3 Å². The second-order valence-corrected chi connectivity index (χ2v) is 12.3. The van der Waals surface area contributed by atoms with Crippen LogP contribution < -0.4 is 4.90 Å². The van der Waals surface area contributed by atoms with Crippen molar-refractivity contribution in [2.45, 2.75) is 69.9 Å². The van der Waals surface area contributed by atoms with Crippen LogP contribution in [0.2, 0.25) is 0 Å². The average Bonchev–Trinajstić information content (AvgIpc) is 3.23. The van der Waals surface area contributed by atoms with E-state index in [1.54, 1.807) is 11.3 Å². The van der Waals surface area contributed by atoms with Gasteiger partial charge in [0, 0.05) is 24.9 Å². The average molecular weight is 483 g/mol. The molecule has 176 valence electrons. The Morgan fingerprint density at radius 3 is 2.21 bits per heavy atom. The maximum atomic E-state index is 13.4. The summed E-state index contributed by atoms with van der Waals surface area (Å²) in [6.07, 6.45) is 4.40. The quantitative estimate of drug-likeness (QED) is 0.411. The van der Waals surface area contributed by atoms with Crippen molar-refractivity contribution in [2.75, 3.05) is 18.0 Å². The lowest BCUT2D eigenvalue weighted by Gasteiger charge is -2.32. The number of hydrogen-bond acceptors (Lipinski definition) is 5. The van der Waals surface area contributed by atoms with Crippen molar-refractivity contribution in [3.63, 3.8) is 0 Å². The Bertz CT molecular complexity index is 1180. The predicted molar refractivity (Wildman–Crippen MR) is 138 cm³/mol. The van der Waals surface area contributed by atoms with E-state index in [1.807, 2.05) is 32.9 Å². The van der Waals surface area contributed by atoms with Crippen LogP contribution in [0.5, 0.6) is 0 Å². The molecular weight excluding hydrogens is 448 g/mol. The zero-order valence-electron chi connectivity index (χ0n) is 20.1. The van der Waals surface area contributed by atoms with Crippen LogP contribution >= 0.6 is 11.3 Å². The number of thiazole rings is 1. The summed E-state index contributed by atoms with van der Waals surface area (Å²) in [5.74, 6) is 0. The molecular formula is C27H34N2O2S2. The summed E-state index contributed by atoms with van der Waals surface area (Å²) in [7, 11) is -3.33. The maximum Gasteiger partial charge on any atom is 0.185 e. The number of nitrogens with zero attached hydrogens (tertiary/aromatic N) is 2. The fraction of sp³-hybridized carbons (Fsp3) is 0.444. The SMILES string of the molecule is CCCc1ccc(Cc2csc(N3CCC(S(=O)(=O)c4c(C)cc(C)cc4C)CC3)n2)cc1. The molecule has 0 radical (unpaired) electrons. The number of rotatable bonds is 7. The van der Waals surface area contributed by atoms with Gasteiger partial charge in [-0.1, -0.05) is 55.3 Å². The molecule has 0 N–H and O–H groups in total. The molecule has 0 amide bonds. The number of hydrogen-bond donors (Lipinski definition) is 0. The van der Waals surface area contributed by atoms with E-state index < -0.39 is 9.84 Å². The van der Waals surface area contributed by atoms with Crippen molar-refractivity contribution in [2.24, 2.45) is 0 Å². The maximum absolute atomic E-state index is 13.4. The first-order chi connectivity index (χ1) is 15.8. The van der Waals surface area contributed by atoms with E-state index in [1.165, 1.54) is 11.1 Å². The molecule has 33 heavy (non-hydrogen) atoms. The molecule has 4 nitrogen and oxygen atoms in total. The Kier molecular flexibility index (Phi) is 7.25. The molecule has 1 fully saturated rings. The number of benzene rings is 2. The minimum atomic E-state index is -3.33. The van der Waals surface area contributed by atoms with E-state index in [4.69, 9.17) is 4.98 Å². The largest absolute Gasteiger partial charge is 0.348 e. The summed E-state index contributed by atoms with van der Waals surface area (Å²) in [5, 5.41) is 2.82. The molecule has 0 bridgehead atoms. The van der Waals surface area contributed by atoms with Gasteiger partial charge < -0.3 is 4.90 Å². The van der Waals surface area contributed by atoms with Crippen LogP contribution in [0.3, 0.4) is 0 Å². The lowest BCUT2D eigenvalue weighted by molar-refractivity contribution is 0.528. The van der Waals surface area contributed by atoms with Gasteiger partial charge in [0.1, 0.15) is 0 Å². The summed E-state index contributed by atoms with van der Waals surface area (Å²) in [4.78, 5) is 7.65. The topological polar surface area (TPSA) is 50.3 Å². The molecule has 0 saturated carbocycles. The van der Waals surface area contributed by atoms with Gasteiger partial charge >= 0.3 is 0 Å². The van der Waals surface area contributed by atoms with E-state index in [2.05, 4.69) is 41.5 Å². The third-order valence-corrected chi connectivity index (χ3v) is 10.0. The van der Waals surface area contributed by atoms with Crippen molar-refractivity contribution in [1.82, 2.24) is 4.98 Å². The number of piperidine rings is 1. The second kappa shape index (κ2) is 9.98. The van der Waals surface area contributed by atoms with Gasteiger partial charge in [0.25, 0.3) is 0 Å². The van der Waals surface area contributed by atoms with Crippen molar-refractivity contribution in [1.29, 1.82) is 0 Å². The van der Waals surface area contributed by atoms with Crippen LogP contribution in [0, 0.1) is 20.8 Å². The fourth-order valence-corrected chi connectivity index (χ4v) is 8.04. The molecule has 2 aromatic carbocycles. The van der Waals surface area contributed by atoms with Crippen LogP contribution in [0.25, 0.3) is 0 Å². The van der Waals surface area contributed by atoms with Crippen LogP contribution in [0.1, 0.15) is 59.7 Å². The van der Waals surface area contributed by atoms with Crippen molar-refractivity contribution < 1.29 is 8.42 Å². The minimum absolute atomic E-state index is 0.324. The Hall–Kier alpha value is -2.18. The van der Waals surface area contributed by atoms with Crippen molar-refractivity contribution >= 4 is 26.3 Å². The summed E-state index contributed by atoms with van der Waals surface area (Å²) in [6.45, 7) is 9.50. The highest BCUT2D eigenvalue weighted by molar-refractivity contribution is 7.92. The number of anilines is 1. The molecule has 1 aromatic heterocycles. The van der Waals surface area contributed by atoms with Crippen LogP contribution in [0.15, 0.2) is 46.7 Å². The molecule has 1 saturated heterocycles. The highest BCUT2D eigenvalue weighted by atomic mass is 32.2. The third kappa shape index (κ3) is 5.33. The summed E-state index contributed by atoms with van der Waals surface area (Å²) in [6, 6.07) is 12.8. The van der Waals surface area contributed by atoms with Gasteiger partial charge in [-0.15, -0.1) is 11.3 Å². The van der Waals surface area contributed by atoms with E-state index in [9.17, 15) is 8.42 Å². The first kappa shape index (κ1) is 24.0. The van der Waals surface area contributed by atoms with Gasteiger partial charge in [-0.3, -0.25) is 0 Å². The summed E-state index contributed by atoms with van der Waals surface area (Å²) < 4.78 is 26.8. The molecule has 0 spiro atoms. The zero-order chi connectivity index (χ0) is 23.6. The number of aryl methyl sites for hydroxylation is 4. The molecule has 1 aliphatic rings. The normalized spacial score (nSPS) is 15.2. The van der Waals surface area contributed by atoms with Crippen LogP contribution in [-0.2, 0) is 22.7 Å². The smallest absolute Gasteiger partial charge is 0.185 e. The zero-order valence-corrected chi connectivity index (χ0v) is 21.7. The molecule has 4 rings (SSSR count). The van der Waals surface area contributed by atoms with E-state index in [-0.39, 0.29) is 5.25 Å². The monoisotopic (exact) mass is 482 g/mol. The van der Waals surface area contributed by atoms with Gasteiger partial charge in [-0.25, -0.2) is 13.4 Å². The molecule has 2 heterocycles. The Morgan fingerprint density at radius 2 is 1.61 bits per heavy atom. The summed E-state index contributed by atoms with van der Waals surface area (Å²) in [5.41, 5.74) is 6.58. The van der Waals surface area contributed by atoms with Gasteiger partial charge in [-0.05, 0) is 62.3 Å². The number of sulfone groups is 1. The van der Waals surface area contributed by atoms with E-state index in [0.29, 0.717) is 17.7 Å². The van der Waals surface area contributed by atoms with Crippen LogP contribution in [0.4, 0.5) is 5.13 Å². The fourth-order valence-electron chi connectivity index (χ4n) is 4.98. The predicted octanol–water partition coefficient (Wildman–Crippen LogP) is 6.05. The Morgan fingerprint density at radius 1 is 1.00 bits per heavy atom. The molecule has 1 aliphatic heterocycles. The lowest BCUT2D eigenvalue weighted by atomic mass is 10.1. The van der Waals surface area contributed by atoms with Gasteiger partial charge in [0.15, 0.2) is 15.0 Å². The van der Waals surface area contributed by atoms with Crippen LogP contribution in [-0.4, -0.2) is 31.7 Å². The standard InChI is InChI=1S/C27H34N2O2S2/c1-5-6-22-7-9-23(10-8-22)17-24-18-32-27(28-24)29-13-11-25(12-14-29)33(30,31)26-20(3)15-19(2)16-21(26)4/h7-10,15-16,18,25H,5-6,11-14,17H2,1-4H3. The van der Waals surface area contributed by atoms with Gasteiger partial charge in [0.05, 0.1) is 15.8 Å². The Labute approximate surface area is 202 Å².